The van der Waals surface area contributed by atoms with Crippen LogP contribution in [0.5, 0.6) is 5.75 Å². The van der Waals surface area contributed by atoms with E-state index in [0.717, 1.165) is 10.2 Å². The highest BCUT2D eigenvalue weighted by molar-refractivity contribution is 9.10. The Kier molecular flexibility index (Phi) is 4.33. The monoisotopic (exact) mass is 325 g/mol. The van der Waals surface area contributed by atoms with Crippen molar-refractivity contribution in [2.24, 2.45) is 0 Å². The molecule has 0 saturated carbocycles. The van der Waals surface area contributed by atoms with Crippen LogP contribution in [-0.2, 0) is 6.61 Å². The minimum atomic E-state index is 0.286. The molecule has 1 aromatic carbocycles. The van der Waals surface area contributed by atoms with E-state index in [9.17, 15) is 4.79 Å². The van der Waals surface area contributed by atoms with Crippen LogP contribution in [-0.4, -0.2) is 11.3 Å². The Bertz CT molecular complexity index is 557. The smallest absolute Gasteiger partial charge is 0.155 e. The number of nitrogens with zero attached hydrogens (tertiary/aromatic N) is 1. The third-order valence-corrected chi connectivity index (χ3v) is 3.09. The van der Waals surface area contributed by atoms with Gasteiger partial charge in [-0.05, 0) is 40.2 Å². The van der Waals surface area contributed by atoms with Gasteiger partial charge in [0.2, 0.25) is 0 Å². The number of halogens is 2. The molecule has 18 heavy (non-hydrogen) atoms. The largest absolute Gasteiger partial charge is 0.486 e. The van der Waals surface area contributed by atoms with Crippen molar-refractivity contribution in [2.45, 2.75) is 6.61 Å². The van der Waals surface area contributed by atoms with E-state index in [1.54, 1.807) is 24.4 Å². The summed E-state index contributed by atoms with van der Waals surface area (Å²) in [7, 11) is 0. The summed E-state index contributed by atoms with van der Waals surface area (Å²) in [4.78, 5) is 15.1. The Morgan fingerprint density at radius 3 is 2.83 bits per heavy atom. The van der Waals surface area contributed by atoms with Gasteiger partial charge in [0.05, 0.1) is 16.3 Å². The van der Waals surface area contributed by atoms with Crippen LogP contribution in [0, 0.1) is 0 Å². The highest BCUT2D eigenvalue weighted by Gasteiger charge is 2.07. The average Bonchev–Trinajstić information content (AvgIpc) is 2.38. The fraction of sp³-hybridized carbons (Fsp3) is 0.0769. The Morgan fingerprint density at radius 1 is 1.33 bits per heavy atom. The van der Waals surface area contributed by atoms with Crippen molar-refractivity contribution in [1.82, 2.24) is 4.98 Å². The van der Waals surface area contributed by atoms with Gasteiger partial charge in [-0.25, -0.2) is 0 Å². The number of carbonyl (C=O) groups is 1. The lowest BCUT2D eigenvalue weighted by molar-refractivity contribution is 0.111. The number of benzene rings is 1. The van der Waals surface area contributed by atoms with E-state index in [-0.39, 0.29) is 6.61 Å². The fourth-order valence-electron chi connectivity index (χ4n) is 1.40. The number of rotatable bonds is 4. The van der Waals surface area contributed by atoms with Gasteiger partial charge in [0, 0.05) is 10.7 Å². The second kappa shape index (κ2) is 5.98. The highest BCUT2D eigenvalue weighted by atomic mass is 79.9. The summed E-state index contributed by atoms with van der Waals surface area (Å²) in [5.41, 5.74) is 1.13. The molecule has 0 aliphatic heterocycles. The van der Waals surface area contributed by atoms with E-state index in [1.165, 1.54) is 0 Å². The molecule has 0 spiro atoms. The molecule has 92 valence electrons. The molecular weight excluding hydrogens is 318 g/mol. The van der Waals surface area contributed by atoms with Gasteiger partial charge < -0.3 is 4.74 Å². The molecule has 2 rings (SSSR count). The molecule has 0 bridgehead atoms. The van der Waals surface area contributed by atoms with E-state index in [0.29, 0.717) is 22.6 Å². The Morgan fingerprint density at radius 2 is 2.17 bits per heavy atom. The van der Waals surface area contributed by atoms with Crippen LogP contribution in [0.4, 0.5) is 0 Å². The van der Waals surface area contributed by atoms with Crippen LogP contribution in [0.3, 0.4) is 0 Å². The van der Waals surface area contributed by atoms with Gasteiger partial charge in [0.15, 0.2) is 6.29 Å². The number of aldehydes is 1. The number of pyridine rings is 1. The number of hydrogen-bond donors (Lipinski definition) is 0. The first-order valence-electron chi connectivity index (χ1n) is 5.17. The van der Waals surface area contributed by atoms with Gasteiger partial charge >= 0.3 is 0 Å². The van der Waals surface area contributed by atoms with E-state index < -0.39 is 0 Å². The zero-order chi connectivity index (χ0) is 13.0. The number of aromatic nitrogens is 1. The van der Waals surface area contributed by atoms with E-state index in [4.69, 9.17) is 16.3 Å². The van der Waals surface area contributed by atoms with Crippen LogP contribution in [0.25, 0.3) is 0 Å². The molecule has 3 nitrogen and oxygen atoms in total. The van der Waals surface area contributed by atoms with Crippen molar-refractivity contribution in [2.75, 3.05) is 0 Å². The molecule has 0 fully saturated rings. The summed E-state index contributed by atoms with van der Waals surface area (Å²) in [6.45, 7) is 0.286. The van der Waals surface area contributed by atoms with Gasteiger partial charge in [0.25, 0.3) is 0 Å². The molecule has 1 aromatic heterocycles. The van der Waals surface area contributed by atoms with Crippen molar-refractivity contribution in [3.63, 3.8) is 0 Å². The summed E-state index contributed by atoms with van der Waals surface area (Å²) in [5.74, 6) is 0.460. The number of ether oxygens (including phenoxy) is 1. The Balaban J connectivity index is 2.13. The first kappa shape index (κ1) is 13.1. The predicted octanol–water partition coefficient (Wildman–Crippen LogP) is 3.89. The second-order valence-corrected chi connectivity index (χ2v) is 4.85. The molecule has 0 radical (unpaired) electrons. The van der Waals surface area contributed by atoms with Crippen LogP contribution in [0.1, 0.15) is 16.1 Å². The van der Waals surface area contributed by atoms with Gasteiger partial charge in [-0.1, -0.05) is 17.7 Å². The van der Waals surface area contributed by atoms with Gasteiger partial charge in [-0.15, -0.1) is 0 Å². The van der Waals surface area contributed by atoms with Crippen molar-refractivity contribution in [3.8, 4) is 5.75 Å². The molecule has 0 atom stereocenters. The average molecular weight is 327 g/mol. The van der Waals surface area contributed by atoms with Crippen LogP contribution in [0.2, 0.25) is 5.02 Å². The van der Waals surface area contributed by atoms with Crippen molar-refractivity contribution < 1.29 is 9.53 Å². The van der Waals surface area contributed by atoms with Crippen LogP contribution >= 0.6 is 27.5 Å². The Hall–Kier alpha value is -1.39. The maximum Gasteiger partial charge on any atom is 0.155 e. The predicted molar refractivity (Wildman–Crippen MR) is 73.1 cm³/mol. The maximum atomic E-state index is 10.9. The quantitative estimate of drug-likeness (QED) is 0.800. The lowest BCUT2D eigenvalue weighted by atomic mass is 10.2. The van der Waals surface area contributed by atoms with Gasteiger partial charge in [0.1, 0.15) is 12.4 Å². The minimum Gasteiger partial charge on any atom is -0.486 e. The molecule has 0 amide bonds. The third kappa shape index (κ3) is 3.09. The molecule has 5 heteroatoms. The minimum absolute atomic E-state index is 0.286. The van der Waals surface area contributed by atoms with Gasteiger partial charge in [-0.2, -0.15) is 0 Å². The van der Waals surface area contributed by atoms with E-state index >= 15 is 0 Å². The zero-order valence-electron chi connectivity index (χ0n) is 9.27. The summed E-state index contributed by atoms with van der Waals surface area (Å²) < 4.78 is 6.45. The molecule has 0 saturated heterocycles. The van der Waals surface area contributed by atoms with Crippen molar-refractivity contribution in [3.05, 3.63) is 57.3 Å². The molecule has 0 aliphatic carbocycles. The lowest BCUT2D eigenvalue weighted by Crippen LogP contribution is -2.00. The van der Waals surface area contributed by atoms with Crippen LogP contribution in [0.15, 0.2) is 41.0 Å². The standard InChI is InChI=1S/C13H9BrClNO2/c14-9-4-5-10(16-6-9)8-18-13-3-1-2-12(15)11(13)7-17/h1-7H,8H2. The highest BCUT2D eigenvalue weighted by Crippen LogP contribution is 2.25. The van der Waals surface area contributed by atoms with Crippen molar-refractivity contribution in [1.29, 1.82) is 0 Å². The topological polar surface area (TPSA) is 39.2 Å². The molecule has 2 aromatic rings. The van der Waals surface area contributed by atoms with Crippen LogP contribution < -0.4 is 4.74 Å². The molecule has 0 aliphatic rings. The summed E-state index contributed by atoms with van der Waals surface area (Å²) in [5, 5.41) is 0.381. The number of carbonyl (C=O) groups excluding carboxylic acids is 1. The van der Waals surface area contributed by atoms with E-state index in [2.05, 4.69) is 20.9 Å². The molecule has 1 heterocycles. The molecule has 0 unspecified atom stereocenters. The normalized spacial score (nSPS) is 10.1. The number of hydrogen-bond acceptors (Lipinski definition) is 3. The fourth-order valence-corrected chi connectivity index (χ4v) is 1.85. The summed E-state index contributed by atoms with van der Waals surface area (Å²) >= 11 is 9.21. The first-order valence-corrected chi connectivity index (χ1v) is 6.34. The van der Waals surface area contributed by atoms with Crippen molar-refractivity contribution >= 4 is 33.8 Å². The maximum absolute atomic E-state index is 10.9. The zero-order valence-corrected chi connectivity index (χ0v) is 11.6. The molecule has 0 N–H and O–H groups in total. The Labute approximate surface area is 118 Å². The second-order valence-electron chi connectivity index (χ2n) is 3.53. The summed E-state index contributed by atoms with van der Waals surface area (Å²) in [6, 6.07) is 8.81. The SMILES string of the molecule is O=Cc1c(Cl)cccc1OCc1ccc(Br)cn1. The molecular formula is C13H9BrClNO2. The van der Waals surface area contributed by atoms with Gasteiger partial charge in [-0.3, -0.25) is 9.78 Å². The third-order valence-electron chi connectivity index (χ3n) is 2.29. The lowest BCUT2D eigenvalue weighted by Gasteiger charge is -2.08. The first-order chi connectivity index (χ1) is 8.70. The van der Waals surface area contributed by atoms with E-state index in [1.807, 2.05) is 12.1 Å². The summed E-state index contributed by atoms with van der Waals surface area (Å²) in [6.07, 6.45) is 2.38.